The van der Waals surface area contributed by atoms with Crippen LogP contribution in [0.2, 0.25) is 0 Å². The number of rotatable bonds is 6. The normalized spacial score (nSPS) is 23.6. The summed E-state index contributed by atoms with van der Waals surface area (Å²) in [5, 5.41) is 0. The zero-order chi connectivity index (χ0) is 21.3. The van der Waals surface area contributed by atoms with E-state index >= 15 is 0 Å². The molecule has 2 aliphatic rings. The third-order valence-corrected chi connectivity index (χ3v) is 6.30. The molecule has 0 amide bonds. The van der Waals surface area contributed by atoms with Gasteiger partial charge in [-0.1, -0.05) is 30.3 Å². The number of ether oxygens (including phenoxy) is 3. The summed E-state index contributed by atoms with van der Waals surface area (Å²) in [4.78, 5) is 14.8. The Bertz CT molecular complexity index is 942. The van der Waals surface area contributed by atoms with Crippen LogP contribution >= 0.6 is 0 Å². The molecule has 5 nitrogen and oxygen atoms in total. The second-order valence-corrected chi connectivity index (χ2v) is 8.29. The van der Waals surface area contributed by atoms with Crippen LogP contribution in [0.1, 0.15) is 41.3 Å². The van der Waals surface area contributed by atoms with Crippen molar-refractivity contribution in [1.29, 1.82) is 0 Å². The van der Waals surface area contributed by atoms with Gasteiger partial charge in [-0.3, -0.25) is 0 Å². The summed E-state index contributed by atoms with van der Waals surface area (Å²) in [5.74, 6) is 1.22. The van der Waals surface area contributed by atoms with Gasteiger partial charge >= 0.3 is 5.97 Å². The quantitative estimate of drug-likeness (QED) is 0.526. The highest BCUT2D eigenvalue weighted by Gasteiger charge is 2.51. The maximum Gasteiger partial charge on any atom is 0.338 e. The van der Waals surface area contributed by atoms with Gasteiger partial charge in [-0.15, -0.1) is 6.58 Å². The molecule has 0 saturated heterocycles. The molecular weight excluding hydrogens is 378 g/mol. The van der Waals surface area contributed by atoms with Crippen molar-refractivity contribution in [3.05, 3.63) is 71.8 Å². The smallest absolute Gasteiger partial charge is 0.338 e. The van der Waals surface area contributed by atoms with Crippen LogP contribution in [0.25, 0.3) is 0 Å². The zero-order valence-electron chi connectivity index (χ0n) is 17.9. The number of hydrogen-bond donors (Lipinski definition) is 0. The van der Waals surface area contributed by atoms with E-state index in [1.54, 1.807) is 19.2 Å². The first-order chi connectivity index (χ1) is 14.5. The summed E-state index contributed by atoms with van der Waals surface area (Å²) in [6.07, 6.45) is 3.02. The SMILES string of the molecule is C=C[C@@]12CCN(C)Cc3ccc(OC)c(c31)OC2C[C@H](C)OC(=O)c1ccccc1. The molecule has 2 aromatic rings. The number of carbonyl (C=O) groups excluding carboxylic acids is 1. The van der Waals surface area contributed by atoms with E-state index in [4.69, 9.17) is 14.2 Å². The fourth-order valence-electron chi connectivity index (χ4n) is 4.73. The average Bonchev–Trinajstić information content (AvgIpc) is 2.98. The third-order valence-electron chi connectivity index (χ3n) is 6.30. The second kappa shape index (κ2) is 8.15. The van der Waals surface area contributed by atoms with E-state index in [0.29, 0.717) is 12.0 Å². The summed E-state index contributed by atoms with van der Waals surface area (Å²) >= 11 is 0. The van der Waals surface area contributed by atoms with E-state index in [1.807, 2.05) is 37.3 Å². The number of hydrogen-bond acceptors (Lipinski definition) is 5. The van der Waals surface area contributed by atoms with Gasteiger partial charge in [0.25, 0.3) is 0 Å². The van der Waals surface area contributed by atoms with Crippen LogP contribution < -0.4 is 9.47 Å². The van der Waals surface area contributed by atoms with Gasteiger partial charge in [0, 0.05) is 18.5 Å². The molecule has 0 aromatic heterocycles. The van der Waals surface area contributed by atoms with E-state index in [1.165, 1.54) is 11.1 Å². The first-order valence-corrected chi connectivity index (χ1v) is 10.4. The van der Waals surface area contributed by atoms with Crippen molar-refractivity contribution < 1.29 is 19.0 Å². The fraction of sp³-hybridized carbons (Fsp3) is 0.400. The molecule has 0 radical (unpaired) electrons. The Balaban J connectivity index is 1.62. The van der Waals surface area contributed by atoms with E-state index in [9.17, 15) is 4.79 Å². The molecule has 0 saturated carbocycles. The molecule has 2 aliphatic heterocycles. The molecule has 0 aliphatic carbocycles. The lowest BCUT2D eigenvalue weighted by Gasteiger charge is -2.32. The van der Waals surface area contributed by atoms with Gasteiger partial charge in [0.05, 0.1) is 18.1 Å². The first-order valence-electron chi connectivity index (χ1n) is 10.4. The summed E-state index contributed by atoms with van der Waals surface area (Å²) in [7, 11) is 3.80. The number of esters is 1. The fourth-order valence-corrected chi connectivity index (χ4v) is 4.73. The van der Waals surface area contributed by atoms with Crippen molar-refractivity contribution in [2.45, 2.75) is 43.9 Å². The zero-order valence-corrected chi connectivity index (χ0v) is 17.9. The van der Waals surface area contributed by atoms with Crippen molar-refractivity contribution in [3.8, 4) is 11.5 Å². The highest BCUT2D eigenvalue weighted by molar-refractivity contribution is 5.89. The number of carbonyl (C=O) groups is 1. The van der Waals surface area contributed by atoms with Crippen LogP contribution in [0.15, 0.2) is 55.1 Å². The monoisotopic (exact) mass is 407 g/mol. The Hall–Kier alpha value is -2.79. The molecule has 1 unspecified atom stereocenters. The number of methoxy groups -OCH3 is 1. The van der Waals surface area contributed by atoms with E-state index in [0.717, 1.165) is 31.0 Å². The third kappa shape index (κ3) is 3.47. The van der Waals surface area contributed by atoms with Crippen LogP contribution in [0.5, 0.6) is 11.5 Å². The molecular formula is C25H29NO4. The van der Waals surface area contributed by atoms with Crippen LogP contribution in [-0.4, -0.2) is 43.8 Å². The molecule has 0 N–H and O–H groups in total. The van der Waals surface area contributed by atoms with Crippen molar-refractivity contribution >= 4 is 5.97 Å². The highest BCUT2D eigenvalue weighted by Crippen LogP contribution is 2.54. The molecule has 4 rings (SSSR count). The molecule has 5 heteroatoms. The average molecular weight is 408 g/mol. The van der Waals surface area contributed by atoms with Gasteiger partial charge in [-0.2, -0.15) is 0 Å². The van der Waals surface area contributed by atoms with Crippen LogP contribution in [-0.2, 0) is 16.7 Å². The molecule has 3 atom stereocenters. The van der Waals surface area contributed by atoms with Crippen LogP contribution in [0, 0.1) is 0 Å². The maximum absolute atomic E-state index is 12.5. The standard InChI is InChI=1S/C25H29NO4/c1-5-25-13-14-26(3)16-19-11-12-20(28-4)23(22(19)25)30-21(25)15-17(2)29-24(27)18-9-7-6-8-10-18/h5-12,17,21H,1,13-16H2,2-4H3/t17-,21?,25-/m0/s1. The van der Waals surface area contributed by atoms with Gasteiger partial charge in [-0.05, 0) is 50.7 Å². The molecule has 158 valence electrons. The Morgan fingerprint density at radius 2 is 2.10 bits per heavy atom. The summed E-state index contributed by atoms with van der Waals surface area (Å²) < 4.78 is 17.8. The molecule has 0 spiro atoms. The van der Waals surface area contributed by atoms with Crippen molar-refractivity contribution in [2.75, 3.05) is 20.7 Å². The predicted octanol–water partition coefficient (Wildman–Crippen LogP) is 4.35. The number of nitrogens with zero attached hydrogens (tertiary/aromatic N) is 1. The Kier molecular flexibility index (Phi) is 5.56. The highest BCUT2D eigenvalue weighted by atomic mass is 16.6. The van der Waals surface area contributed by atoms with E-state index < -0.39 is 0 Å². The Morgan fingerprint density at radius 3 is 2.80 bits per heavy atom. The molecule has 30 heavy (non-hydrogen) atoms. The molecule has 0 fully saturated rings. The summed E-state index contributed by atoms with van der Waals surface area (Å²) in [6.45, 7) is 7.91. The lowest BCUT2D eigenvalue weighted by Crippen LogP contribution is -2.40. The topological polar surface area (TPSA) is 48.0 Å². The lowest BCUT2D eigenvalue weighted by molar-refractivity contribution is 0.0186. The van der Waals surface area contributed by atoms with Crippen LogP contribution in [0.4, 0.5) is 0 Å². The maximum atomic E-state index is 12.5. The molecule has 2 aromatic carbocycles. The van der Waals surface area contributed by atoms with Crippen molar-refractivity contribution in [2.24, 2.45) is 0 Å². The van der Waals surface area contributed by atoms with Gasteiger partial charge in [0.15, 0.2) is 11.5 Å². The van der Waals surface area contributed by atoms with Crippen molar-refractivity contribution in [1.82, 2.24) is 4.90 Å². The van der Waals surface area contributed by atoms with Crippen LogP contribution in [0.3, 0.4) is 0 Å². The predicted molar refractivity (Wildman–Crippen MR) is 116 cm³/mol. The largest absolute Gasteiger partial charge is 0.493 e. The minimum absolute atomic E-state index is 0.176. The van der Waals surface area contributed by atoms with E-state index in [2.05, 4.69) is 24.6 Å². The minimum atomic E-state index is -0.336. The van der Waals surface area contributed by atoms with Gasteiger partial charge in [0.1, 0.15) is 12.2 Å². The lowest BCUT2D eigenvalue weighted by atomic mass is 9.72. The number of benzene rings is 2. The van der Waals surface area contributed by atoms with E-state index in [-0.39, 0.29) is 23.6 Å². The molecule has 2 heterocycles. The van der Waals surface area contributed by atoms with Gasteiger partial charge in [0.2, 0.25) is 0 Å². The minimum Gasteiger partial charge on any atom is -0.493 e. The second-order valence-electron chi connectivity index (χ2n) is 8.29. The van der Waals surface area contributed by atoms with Gasteiger partial charge < -0.3 is 19.1 Å². The Labute approximate surface area is 178 Å². The molecule has 0 bridgehead atoms. The van der Waals surface area contributed by atoms with Crippen molar-refractivity contribution in [3.63, 3.8) is 0 Å². The summed E-state index contributed by atoms with van der Waals surface area (Å²) in [5.41, 5.74) is 2.63. The van der Waals surface area contributed by atoms with Gasteiger partial charge in [-0.25, -0.2) is 4.79 Å². The summed E-state index contributed by atoms with van der Waals surface area (Å²) in [6, 6.07) is 13.2. The Morgan fingerprint density at radius 1 is 1.33 bits per heavy atom. The first kappa shape index (κ1) is 20.5.